The molecule has 0 aliphatic rings. The topological polar surface area (TPSA) is 109 Å². The number of carbonyl (C=O) groups is 2. The number of aromatic amines is 1. The summed E-state index contributed by atoms with van der Waals surface area (Å²) in [5, 5.41) is 6.77. The summed E-state index contributed by atoms with van der Waals surface area (Å²) in [4.78, 5) is 38.2. The smallest absolute Gasteiger partial charge is 0.408 e. The van der Waals surface area contributed by atoms with Gasteiger partial charge in [0.1, 0.15) is 22.9 Å². The summed E-state index contributed by atoms with van der Waals surface area (Å²) < 4.78 is 18.9. The molecule has 1 atom stereocenters. The molecule has 0 unspecified atom stereocenters. The van der Waals surface area contributed by atoms with E-state index in [1.54, 1.807) is 45.3 Å². The van der Waals surface area contributed by atoms with E-state index in [1.165, 1.54) is 12.1 Å². The van der Waals surface area contributed by atoms with Crippen molar-refractivity contribution in [2.75, 3.05) is 11.9 Å². The lowest BCUT2D eigenvalue weighted by Gasteiger charge is -2.23. The number of ether oxygens (including phenoxy) is 1. The van der Waals surface area contributed by atoms with Gasteiger partial charge in [0, 0.05) is 35.5 Å². The van der Waals surface area contributed by atoms with Crippen molar-refractivity contribution in [2.24, 2.45) is 0 Å². The summed E-state index contributed by atoms with van der Waals surface area (Å²) in [6.07, 6.45) is 3.70. The van der Waals surface area contributed by atoms with Crippen molar-refractivity contribution in [1.29, 1.82) is 0 Å². The molecule has 0 aliphatic carbocycles. The van der Waals surface area contributed by atoms with Crippen LogP contribution < -0.4 is 10.6 Å². The number of anilines is 1. The summed E-state index contributed by atoms with van der Waals surface area (Å²) >= 11 is 0. The van der Waals surface area contributed by atoms with Crippen molar-refractivity contribution in [3.8, 4) is 11.1 Å². The highest BCUT2D eigenvalue weighted by molar-refractivity contribution is 5.97. The summed E-state index contributed by atoms with van der Waals surface area (Å²) in [7, 11) is 0. The quantitative estimate of drug-likeness (QED) is 0.175. The minimum absolute atomic E-state index is 0.0494. The zero-order chi connectivity index (χ0) is 30.4. The van der Waals surface area contributed by atoms with Crippen LogP contribution in [0.2, 0.25) is 0 Å². The largest absolute Gasteiger partial charge is 0.444 e. The Kier molecular flexibility index (Phi) is 8.80. The maximum atomic E-state index is 13.5. The maximum absolute atomic E-state index is 13.5. The first-order chi connectivity index (χ1) is 20.6. The Morgan fingerprint density at radius 2 is 1.65 bits per heavy atom. The molecule has 0 bridgehead atoms. The van der Waals surface area contributed by atoms with E-state index in [-0.39, 0.29) is 18.1 Å². The second-order valence-electron chi connectivity index (χ2n) is 11.3. The molecule has 0 spiro atoms. The molecule has 5 aromatic rings. The standard InChI is InChI=1S/C34H34FN5O3/c1-34(2,3)43-33(42)39-27(19-22-7-5-4-6-8-22)29(41)21-37-30-14-13-26-31(24-15-17-36-18-16-24)28(38-32(26)40-30)20-23-9-11-25(35)12-10-23/h4-18,27H,19-21H2,1-3H3,(H,39,42)(H2,37,38,40)/t27-/m0/s1. The molecule has 8 nitrogen and oxygen atoms in total. The molecule has 0 saturated carbocycles. The number of amides is 1. The Bertz CT molecular complexity index is 1700. The number of fused-ring (bicyclic) bond motifs is 1. The number of Topliss-reactive ketones (excluding diaryl/α,β-unsaturated/α-hetero) is 1. The maximum Gasteiger partial charge on any atom is 0.408 e. The zero-order valence-corrected chi connectivity index (χ0v) is 24.4. The zero-order valence-electron chi connectivity index (χ0n) is 24.4. The second-order valence-corrected chi connectivity index (χ2v) is 11.3. The van der Waals surface area contributed by atoms with Gasteiger partial charge in [0.2, 0.25) is 0 Å². The minimum atomic E-state index is -0.792. The average Bonchev–Trinajstić information content (AvgIpc) is 3.33. The van der Waals surface area contributed by atoms with Gasteiger partial charge in [-0.3, -0.25) is 9.78 Å². The van der Waals surface area contributed by atoms with E-state index in [0.29, 0.717) is 24.3 Å². The van der Waals surface area contributed by atoms with Gasteiger partial charge in [0.15, 0.2) is 5.78 Å². The van der Waals surface area contributed by atoms with Gasteiger partial charge in [-0.2, -0.15) is 0 Å². The number of hydrogen-bond donors (Lipinski definition) is 3. The van der Waals surface area contributed by atoms with Gasteiger partial charge in [0.05, 0.1) is 12.6 Å². The molecule has 2 aromatic carbocycles. The first-order valence-corrected chi connectivity index (χ1v) is 14.1. The minimum Gasteiger partial charge on any atom is -0.444 e. The molecule has 9 heteroatoms. The molecule has 220 valence electrons. The van der Waals surface area contributed by atoms with E-state index in [1.807, 2.05) is 54.6 Å². The number of nitrogens with zero attached hydrogens (tertiary/aromatic N) is 2. The fourth-order valence-electron chi connectivity index (χ4n) is 4.86. The van der Waals surface area contributed by atoms with Gasteiger partial charge in [-0.05, 0) is 80.3 Å². The number of halogens is 1. The van der Waals surface area contributed by atoms with Crippen LogP contribution >= 0.6 is 0 Å². The third-order valence-electron chi connectivity index (χ3n) is 6.80. The molecule has 0 fully saturated rings. The van der Waals surface area contributed by atoms with Gasteiger partial charge in [-0.25, -0.2) is 14.2 Å². The lowest BCUT2D eigenvalue weighted by Crippen LogP contribution is -2.46. The highest BCUT2D eigenvalue weighted by Gasteiger charge is 2.25. The van der Waals surface area contributed by atoms with Crippen molar-refractivity contribution >= 4 is 28.7 Å². The van der Waals surface area contributed by atoms with E-state index in [4.69, 9.17) is 9.72 Å². The molecule has 3 heterocycles. The van der Waals surface area contributed by atoms with E-state index >= 15 is 0 Å². The van der Waals surface area contributed by atoms with E-state index < -0.39 is 17.7 Å². The van der Waals surface area contributed by atoms with Crippen LogP contribution in [0.4, 0.5) is 15.0 Å². The molecule has 3 aromatic heterocycles. The Labute approximate surface area is 249 Å². The van der Waals surface area contributed by atoms with Crippen LogP contribution in [0.25, 0.3) is 22.2 Å². The number of aromatic nitrogens is 3. The Morgan fingerprint density at radius 1 is 0.930 bits per heavy atom. The van der Waals surface area contributed by atoms with Crippen molar-refractivity contribution in [3.63, 3.8) is 0 Å². The number of H-pyrrole nitrogens is 1. The number of hydrogen-bond acceptors (Lipinski definition) is 6. The Hall–Kier alpha value is -5.05. The number of carbonyl (C=O) groups excluding carboxylic acids is 2. The predicted molar refractivity (Wildman–Crippen MR) is 165 cm³/mol. The summed E-state index contributed by atoms with van der Waals surface area (Å²) in [5.41, 5.74) is 4.72. The number of benzene rings is 2. The predicted octanol–water partition coefficient (Wildman–Crippen LogP) is 6.47. The molecular weight excluding hydrogens is 545 g/mol. The van der Waals surface area contributed by atoms with E-state index in [2.05, 4.69) is 20.6 Å². The van der Waals surface area contributed by atoms with Crippen molar-refractivity contribution < 1.29 is 18.7 Å². The Balaban J connectivity index is 1.37. The Morgan fingerprint density at radius 3 is 2.35 bits per heavy atom. The summed E-state index contributed by atoms with van der Waals surface area (Å²) in [6, 6.07) is 22.8. The monoisotopic (exact) mass is 579 g/mol. The van der Waals surface area contributed by atoms with Gasteiger partial charge in [-0.15, -0.1) is 0 Å². The highest BCUT2D eigenvalue weighted by atomic mass is 19.1. The highest BCUT2D eigenvalue weighted by Crippen LogP contribution is 2.33. The number of rotatable bonds is 10. The van der Waals surface area contributed by atoms with Gasteiger partial charge in [-0.1, -0.05) is 42.5 Å². The van der Waals surface area contributed by atoms with Crippen LogP contribution in [-0.4, -0.2) is 45.0 Å². The fourth-order valence-corrected chi connectivity index (χ4v) is 4.86. The molecular formula is C34H34FN5O3. The number of pyridine rings is 2. The fraction of sp³-hybridized carbons (Fsp3) is 0.235. The third-order valence-corrected chi connectivity index (χ3v) is 6.80. The van der Waals surface area contributed by atoms with Crippen LogP contribution in [0.15, 0.2) is 91.3 Å². The molecule has 1 amide bonds. The van der Waals surface area contributed by atoms with Crippen molar-refractivity contribution in [2.45, 2.75) is 45.3 Å². The first kappa shape index (κ1) is 29.4. The van der Waals surface area contributed by atoms with E-state index in [9.17, 15) is 14.0 Å². The first-order valence-electron chi connectivity index (χ1n) is 14.1. The lowest BCUT2D eigenvalue weighted by molar-refractivity contribution is -0.119. The lowest BCUT2D eigenvalue weighted by atomic mass is 10.00. The number of alkyl carbamates (subject to hydrolysis) is 1. The molecule has 43 heavy (non-hydrogen) atoms. The van der Waals surface area contributed by atoms with Crippen LogP contribution in [-0.2, 0) is 22.4 Å². The number of nitrogens with one attached hydrogen (secondary N) is 3. The van der Waals surface area contributed by atoms with Crippen LogP contribution in [0, 0.1) is 5.82 Å². The molecule has 5 rings (SSSR count). The number of ketones is 1. The van der Waals surface area contributed by atoms with Crippen molar-refractivity contribution in [3.05, 3.63) is 114 Å². The van der Waals surface area contributed by atoms with Crippen LogP contribution in [0.3, 0.4) is 0 Å². The average molecular weight is 580 g/mol. The van der Waals surface area contributed by atoms with Crippen LogP contribution in [0.5, 0.6) is 0 Å². The van der Waals surface area contributed by atoms with Gasteiger partial charge in [0.25, 0.3) is 0 Å². The summed E-state index contributed by atoms with van der Waals surface area (Å²) in [5.74, 6) is 0.0130. The molecule has 3 N–H and O–H groups in total. The van der Waals surface area contributed by atoms with Crippen molar-refractivity contribution in [1.82, 2.24) is 20.3 Å². The third kappa shape index (κ3) is 7.82. The molecule has 0 radical (unpaired) electrons. The van der Waals surface area contributed by atoms with Gasteiger partial charge >= 0.3 is 6.09 Å². The normalized spacial score (nSPS) is 12.1. The molecule has 0 aliphatic heterocycles. The summed E-state index contributed by atoms with van der Waals surface area (Å²) in [6.45, 7) is 5.27. The van der Waals surface area contributed by atoms with Crippen LogP contribution in [0.1, 0.15) is 37.6 Å². The van der Waals surface area contributed by atoms with E-state index in [0.717, 1.165) is 33.3 Å². The molecule has 0 saturated heterocycles. The SMILES string of the molecule is CC(C)(C)OC(=O)N[C@@H](Cc1ccccc1)C(=O)CNc1ccc2c(-c3ccncc3)c(Cc3ccc(F)cc3)[nH]c2n1. The second kappa shape index (κ2) is 12.9. The van der Waals surface area contributed by atoms with Gasteiger partial charge < -0.3 is 20.4 Å².